The van der Waals surface area contributed by atoms with E-state index in [9.17, 15) is 4.79 Å². The van der Waals surface area contributed by atoms with Crippen molar-refractivity contribution in [3.8, 4) is 17.1 Å². The number of hydrogen-bond acceptors (Lipinski definition) is 6. The second-order valence-corrected chi connectivity index (χ2v) is 10.3. The summed E-state index contributed by atoms with van der Waals surface area (Å²) < 4.78 is 11.4. The van der Waals surface area contributed by atoms with Crippen LogP contribution >= 0.6 is 0 Å². The topological polar surface area (TPSA) is 92.4 Å². The van der Waals surface area contributed by atoms with Crippen LogP contribution in [-0.2, 0) is 17.9 Å². The van der Waals surface area contributed by atoms with Gasteiger partial charge < -0.3 is 19.8 Å². The molecule has 0 spiro atoms. The minimum atomic E-state index is -0.306. The quantitative estimate of drug-likeness (QED) is 0.238. The molecule has 2 aromatic heterocycles. The second kappa shape index (κ2) is 12.2. The summed E-state index contributed by atoms with van der Waals surface area (Å²) in [7, 11) is 1.63. The van der Waals surface area contributed by atoms with E-state index in [0.29, 0.717) is 19.0 Å². The van der Waals surface area contributed by atoms with Crippen molar-refractivity contribution in [3.63, 3.8) is 0 Å². The first-order valence-electron chi connectivity index (χ1n) is 13.9. The number of imidazole rings is 1. The summed E-state index contributed by atoms with van der Waals surface area (Å²) in [5.74, 6) is 1.41. The zero-order valence-electron chi connectivity index (χ0n) is 23.0. The van der Waals surface area contributed by atoms with E-state index < -0.39 is 0 Å². The number of H-pyrrole nitrogens is 1. The van der Waals surface area contributed by atoms with Crippen molar-refractivity contribution >= 4 is 17.0 Å². The molecule has 5 aromatic rings. The molecule has 3 aromatic carbocycles. The van der Waals surface area contributed by atoms with Gasteiger partial charge in [0.2, 0.25) is 5.88 Å². The Morgan fingerprint density at radius 1 is 0.951 bits per heavy atom. The molecule has 6 rings (SSSR count). The van der Waals surface area contributed by atoms with Crippen molar-refractivity contribution in [2.75, 3.05) is 13.7 Å². The van der Waals surface area contributed by atoms with E-state index in [-0.39, 0.29) is 24.8 Å². The molecule has 0 saturated carbocycles. The number of pyridine rings is 1. The number of rotatable bonds is 8. The van der Waals surface area contributed by atoms with E-state index in [2.05, 4.69) is 21.4 Å². The summed E-state index contributed by atoms with van der Waals surface area (Å²) in [5, 5.41) is 4.65. The molecule has 1 amide bonds. The maximum absolute atomic E-state index is 13.3. The number of nitrogens with zero attached hydrogens (tertiary/aromatic N) is 3. The number of fused-ring (bicyclic) bond motifs is 1. The van der Waals surface area contributed by atoms with Gasteiger partial charge in [0.25, 0.3) is 0 Å². The lowest BCUT2D eigenvalue weighted by molar-refractivity contribution is 0.0679. The predicted octanol–water partition coefficient (Wildman–Crippen LogP) is 6.27. The number of ether oxygens (including phenoxy) is 2. The Hall–Kier alpha value is -4.69. The summed E-state index contributed by atoms with van der Waals surface area (Å²) in [4.78, 5) is 28.0. The molecule has 0 unspecified atom stereocenters. The fraction of sp³-hybridized carbons (Fsp3) is 0.242. The Balaban J connectivity index is 1.15. The lowest BCUT2D eigenvalue weighted by Crippen LogP contribution is -2.49. The molecule has 0 bridgehead atoms. The molecule has 1 aliphatic rings. The van der Waals surface area contributed by atoms with Gasteiger partial charge in [-0.1, -0.05) is 78.9 Å². The third kappa shape index (κ3) is 6.07. The van der Waals surface area contributed by atoms with Crippen LogP contribution in [0.15, 0.2) is 97.2 Å². The van der Waals surface area contributed by atoms with E-state index in [1.54, 1.807) is 7.11 Å². The largest absolute Gasteiger partial charge is 0.480 e. The molecule has 1 aliphatic heterocycles. The molecule has 1 fully saturated rings. The fourth-order valence-corrected chi connectivity index (χ4v) is 5.36. The SMILES string of the molecule is COc1nc2ccccc2cc1-c1cnc([C@@H]2CC[C@@H](N(Cc3ccccc3)C(=O)OCc3ccccc3)CN2)[nH]1. The normalized spacial score (nSPS) is 16.8. The average Bonchev–Trinajstić information content (AvgIpc) is 3.53. The number of aromatic nitrogens is 3. The van der Waals surface area contributed by atoms with Gasteiger partial charge in [-0.3, -0.25) is 4.90 Å². The van der Waals surface area contributed by atoms with Gasteiger partial charge in [0.05, 0.1) is 36.1 Å². The molecule has 2 atom stereocenters. The number of carbonyl (C=O) groups is 1. The van der Waals surface area contributed by atoms with Crippen LogP contribution in [0.3, 0.4) is 0 Å². The first kappa shape index (κ1) is 26.5. The second-order valence-electron chi connectivity index (χ2n) is 10.3. The number of hydrogen-bond donors (Lipinski definition) is 2. The summed E-state index contributed by atoms with van der Waals surface area (Å²) >= 11 is 0. The van der Waals surface area contributed by atoms with Gasteiger partial charge in [-0.15, -0.1) is 0 Å². The van der Waals surface area contributed by atoms with Gasteiger partial charge in [-0.25, -0.2) is 14.8 Å². The van der Waals surface area contributed by atoms with Crippen molar-refractivity contribution in [3.05, 3.63) is 114 Å². The standard InChI is InChI=1S/C33H33N5O3/c1-40-32-27(18-25-14-8-9-15-28(25)37-32)30-20-35-31(36-30)29-17-16-26(19-34-29)38(21-23-10-4-2-5-11-23)33(39)41-22-24-12-6-3-7-13-24/h2-15,18,20,26,29,34H,16-17,19,21-22H2,1H3,(H,35,36)/t26-,29+/m1/s1. The first-order valence-corrected chi connectivity index (χ1v) is 13.9. The summed E-state index contributed by atoms with van der Waals surface area (Å²) in [6.45, 7) is 1.37. The predicted molar refractivity (Wildman–Crippen MR) is 158 cm³/mol. The Kier molecular flexibility index (Phi) is 7.91. The lowest BCUT2D eigenvalue weighted by atomic mass is 9.98. The van der Waals surface area contributed by atoms with E-state index in [1.807, 2.05) is 96.0 Å². The van der Waals surface area contributed by atoms with E-state index in [1.165, 1.54) is 0 Å². The number of amides is 1. The maximum Gasteiger partial charge on any atom is 0.410 e. The zero-order chi connectivity index (χ0) is 28.0. The van der Waals surface area contributed by atoms with Gasteiger partial charge in [0, 0.05) is 24.5 Å². The Morgan fingerprint density at radius 2 is 1.68 bits per heavy atom. The number of para-hydroxylation sites is 1. The molecule has 3 heterocycles. The van der Waals surface area contributed by atoms with E-state index >= 15 is 0 Å². The highest BCUT2D eigenvalue weighted by molar-refractivity contribution is 5.85. The van der Waals surface area contributed by atoms with E-state index in [0.717, 1.165) is 52.0 Å². The molecule has 8 heteroatoms. The number of nitrogens with one attached hydrogen (secondary N) is 2. The van der Waals surface area contributed by atoms with Crippen LogP contribution in [0.5, 0.6) is 5.88 Å². The summed E-state index contributed by atoms with van der Waals surface area (Å²) in [6.07, 6.45) is 3.17. The third-order valence-electron chi connectivity index (χ3n) is 7.56. The average molecular weight is 548 g/mol. The minimum Gasteiger partial charge on any atom is -0.480 e. The van der Waals surface area contributed by atoms with Crippen LogP contribution in [0.4, 0.5) is 4.79 Å². The van der Waals surface area contributed by atoms with E-state index in [4.69, 9.17) is 14.5 Å². The molecule has 0 aliphatic carbocycles. The van der Waals surface area contributed by atoms with Gasteiger partial charge in [0.1, 0.15) is 12.4 Å². The molecule has 1 saturated heterocycles. The van der Waals surface area contributed by atoms with Crippen molar-refractivity contribution in [2.24, 2.45) is 0 Å². The maximum atomic E-state index is 13.3. The van der Waals surface area contributed by atoms with Crippen LogP contribution in [0.1, 0.15) is 35.8 Å². The van der Waals surface area contributed by atoms with Crippen LogP contribution in [0, 0.1) is 0 Å². The zero-order valence-corrected chi connectivity index (χ0v) is 23.0. The molecule has 2 N–H and O–H groups in total. The van der Waals surface area contributed by atoms with Crippen molar-refractivity contribution < 1.29 is 14.3 Å². The highest BCUT2D eigenvalue weighted by atomic mass is 16.6. The third-order valence-corrected chi connectivity index (χ3v) is 7.56. The minimum absolute atomic E-state index is 0.00561. The fourth-order valence-electron chi connectivity index (χ4n) is 5.36. The lowest BCUT2D eigenvalue weighted by Gasteiger charge is -2.36. The smallest absolute Gasteiger partial charge is 0.410 e. The van der Waals surface area contributed by atoms with Gasteiger partial charge in [-0.2, -0.15) is 0 Å². The molecular weight excluding hydrogens is 514 g/mol. The number of aromatic amines is 1. The van der Waals surface area contributed by atoms with Crippen LogP contribution in [0.2, 0.25) is 0 Å². The Labute approximate surface area is 239 Å². The molecule has 0 radical (unpaired) electrons. The monoisotopic (exact) mass is 547 g/mol. The summed E-state index contributed by atoms with van der Waals surface area (Å²) in [6, 6.07) is 29.9. The number of piperidine rings is 1. The number of benzene rings is 3. The molecule has 8 nitrogen and oxygen atoms in total. The summed E-state index contributed by atoms with van der Waals surface area (Å²) in [5.41, 5.74) is 4.65. The van der Waals surface area contributed by atoms with Gasteiger partial charge in [-0.05, 0) is 36.1 Å². The molecule has 208 valence electrons. The molecule has 41 heavy (non-hydrogen) atoms. The van der Waals surface area contributed by atoms with Crippen LogP contribution < -0.4 is 10.1 Å². The van der Waals surface area contributed by atoms with Crippen LogP contribution in [-0.4, -0.2) is 45.6 Å². The van der Waals surface area contributed by atoms with Crippen LogP contribution in [0.25, 0.3) is 22.2 Å². The van der Waals surface area contributed by atoms with Gasteiger partial charge in [0.15, 0.2) is 0 Å². The number of methoxy groups -OCH3 is 1. The highest BCUT2D eigenvalue weighted by Crippen LogP contribution is 2.32. The first-order chi connectivity index (χ1) is 20.2. The van der Waals surface area contributed by atoms with Crippen molar-refractivity contribution in [1.29, 1.82) is 0 Å². The van der Waals surface area contributed by atoms with Gasteiger partial charge >= 0.3 is 6.09 Å². The Bertz CT molecular complexity index is 1600. The highest BCUT2D eigenvalue weighted by Gasteiger charge is 2.31. The number of carbonyl (C=O) groups excluding carboxylic acids is 1. The van der Waals surface area contributed by atoms with Crippen molar-refractivity contribution in [2.45, 2.75) is 38.1 Å². The molecular formula is C33H33N5O3. The Morgan fingerprint density at radius 3 is 2.41 bits per heavy atom. The van der Waals surface area contributed by atoms with Crippen molar-refractivity contribution in [1.82, 2.24) is 25.2 Å².